The number of carbonyl (C=O) groups is 2. The molecular weight excluding hydrogens is 364 g/mol. The van der Waals surface area contributed by atoms with Crippen LogP contribution in [0.15, 0.2) is 36.4 Å². The van der Waals surface area contributed by atoms with E-state index in [0.717, 1.165) is 18.2 Å². The Balaban J connectivity index is 2.30. The minimum Gasteiger partial charge on any atom is -0.496 e. The van der Waals surface area contributed by atoms with E-state index in [-0.39, 0.29) is 23.4 Å². The van der Waals surface area contributed by atoms with E-state index in [4.69, 9.17) is 10.5 Å². The number of carbonyl (C=O) groups excluding carboxylic acids is 2. The Morgan fingerprint density at radius 1 is 1.30 bits per heavy atom. The van der Waals surface area contributed by atoms with Gasteiger partial charge in [0, 0.05) is 24.1 Å². The van der Waals surface area contributed by atoms with Gasteiger partial charge in [0.25, 0.3) is 11.6 Å². The number of amides is 2. The van der Waals surface area contributed by atoms with Crippen molar-refractivity contribution in [3.63, 3.8) is 0 Å². The number of nitrogens with zero attached hydrogens (tertiary/aromatic N) is 1. The van der Waals surface area contributed by atoms with Gasteiger partial charge in [0.05, 0.1) is 17.6 Å². The SMILES string of the molecule is COc1ccc([N+](=O)[O-])cc1C[C@@H](NC(=O)c1cccc(F)c1F)C(N)=O. The Hall–Kier alpha value is -3.56. The van der Waals surface area contributed by atoms with Gasteiger partial charge in [-0.3, -0.25) is 19.7 Å². The molecule has 0 heterocycles. The monoisotopic (exact) mass is 379 g/mol. The number of nitrogens with two attached hydrogens (primary N) is 1. The molecule has 0 spiro atoms. The summed E-state index contributed by atoms with van der Waals surface area (Å²) in [5.41, 5.74) is 4.65. The Morgan fingerprint density at radius 3 is 2.59 bits per heavy atom. The van der Waals surface area contributed by atoms with Crippen molar-refractivity contribution in [1.29, 1.82) is 0 Å². The smallest absolute Gasteiger partial charge is 0.269 e. The maximum absolute atomic E-state index is 13.7. The third kappa shape index (κ3) is 4.54. The van der Waals surface area contributed by atoms with Gasteiger partial charge in [-0.1, -0.05) is 6.07 Å². The molecule has 0 aliphatic heterocycles. The van der Waals surface area contributed by atoms with Crippen LogP contribution in [0.2, 0.25) is 0 Å². The molecule has 3 N–H and O–H groups in total. The number of nitro benzene ring substituents is 1. The average molecular weight is 379 g/mol. The van der Waals surface area contributed by atoms with Crippen LogP contribution in [0.3, 0.4) is 0 Å². The van der Waals surface area contributed by atoms with Crippen LogP contribution < -0.4 is 15.8 Å². The summed E-state index contributed by atoms with van der Waals surface area (Å²) in [7, 11) is 1.32. The summed E-state index contributed by atoms with van der Waals surface area (Å²) < 4.78 is 32.1. The van der Waals surface area contributed by atoms with E-state index >= 15 is 0 Å². The summed E-state index contributed by atoms with van der Waals surface area (Å²) in [6.07, 6.45) is -0.247. The molecule has 2 amide bonds. The van der Waals surface area contributed by atoms with Crippen molar-refractivity contribution in [2.45, 2.75) is 12.5 Å². The molecule has 0 fully saturated rings. The zero-order valence-corrected chi connectivity index (χ0v) is 14.1. The normalized spacial score (nSPS) is 11.5. The number of hydrogen-bond donors (Lipinski definition) is 2. The first-order valence-electron chi connectivity index (χ1n) is 7.60. The third-order valence-corrected chi connectivity index (χ3v) is 3.74. The molecule has 27 heavy (non-hydrogen) atoms. The lowest BCUT2D eigenvalue weighted by Crippen LogP contribution is -2.46. The number of benzene rings is 2. The molecule has 0 unspecified atom stereocenters. The number of methoxy groups -OCH3 is 1. The number of nitro groups is 1. The number of ether oxygens (including phenoxy) is 1. The van der Waals surface area contributed by atoms with E-state index in [1.54, 1.807) is 0 Å². The molecule has 0 aliphatic carbocycles. The first kappa shape index (κ1) is 19.8. The third-order valence-electron chi connectivity index (χ3n) is 3.74. The quantitative estimate of drug-likeness (QED) is 0.560. The number of nitrogens with one attached hydrogen (secondary N) is 1. The molecule has 0 aromatic heterocycles. The lowest BCUT2D eigenvalue weighted by molar-refractivity contribution is -0.384. The summed E-state index contributed by atoms with van der Waals surface area (Å²) in [5.74, 6) is -4.38. The van der Waals surface area contributed by atoms with Crippen LogP contribution in [-0.2, 0) is 11.2 Å². The molecule has 10 heteroatoms. The van der Waals surface area contributed by atoms with Crippen molar-refractivity contribution in [2.24, 2.45) is 5.73 Å². The Kier molecular flexibility index (Phi) is 6.01. The molecule has 2 aromatic rings. The predicted octanol–water partition coefficient (Wildman–Crippen LogP) is 1.71. The van der Waals surface area contributed by atoms with Gasteiger partial charge in [0.1, 0.15) is 11.8 Å². The largest absolute Gasteiger partial charge is 0.496 e. The van der Waals surface area contributed by atoms with Gasteiger partial charge >= 0.3 is 0 Å². The molecule has 0 radical (unpaired) electrons. The van der Waals surface area contributed by atoms with E-state index in [1.165, 1.54) is 25.3 Å². The van der Waals surface area contributed by atoms with Crippen molar-refractivity contribution >= 4 is 17.5 Å². The van der Waals surface area contributed by atoms with Gasteiger partial charge in [-0.15, -0.1) is 0 Å². The molecule has 2 aromatic carbocycles. The Morgan fingerprint density at radius 2 is 2.00 bits per heavy atom. The second kappa shape index (κ2) is 8.21. The lowest BCUT2D eigenvalue weighted by Gasteiger charge is -2.17. The highest BCUT2D eigenvalue weighted by Crippen LogP contribution is 2.25. The summed E-state index contributed by atoms with van der Waals surface area (Å²) in [5, 5.41) is 13.1. The fourth-order valence-corrected chi connectivity index (χ4v) is 2.40. The van der Waals surface area contributed by atoms with Gasteiger partial charge in [0.15, 0.2) is 11.6 Å². The molecule has 1 atom stereocenters. The van der Waals surface area contributed by atoms with Gasteiger partial charge < -0.3 is 15.8 Å². The highest BCUT2D eigenvalue weighted by molar-refractivity contribution is 5.97. The van der Waals surface area contributed by atoms with Gasteiger partial charge in [-0.05, 0) is 18.2 Å². The first-order chi connectivity index (χ1) is 12.7. The molecule has 0 bridgehead atoms. The molecule has 142 valence electrons. The van der Waals surface area contributed by atoms with E-state index in [0.29, 0.717) is 0 Å². The van der Waals surface area contributed by atoms with Crippen molar-refractivity contribution in [1.82, 2.24) is 5.32 Å². The van der Waals surface area contributed by atoms with Crippen LogP contribution in [0.4, 0.5) is 14.5 Å². The number of hydrogen-bond acceptors (Lipinski definition) is 5. The molecule has 0 saturated heterocycles. The zero-order valence-electron chi connectivity index (χ0n) is 14.1. The van der Waals surface area contributed by atoms with Crippen molar-refractivity contribution in [3.8, 4) is 5.75 Å². The highest BCUT2D eigenvalue weighted by Gasteiger charge is 2.24. The van der Waals surface area contributed by atoms with Crippen LogP contribution in [0.1, 0.15) is 15.9 Å². The molecule has 0 saturated carbocycles. The summed E-state index contributed by atoms with van der Waals surface area (Å²) >= 11 is 0. The summed E-state index contributed by atoms with van der Waals surface area (Å²) in [6.45, 7) is 0. The van der Waals surface area contributed by atoms with Gasteiger partial charge in [-0.2, -0.15) is 0 Å². The van der Waals surface area contributed by atoms with E-state index in [9.17, 15) is 28.5 Å². The molecule has 2 rings (SSSR count). The maximum Gasteiger partial charge on any atom is 0.269 e. The van der Waals surface area contributed by atoms with Crippen LogP contribution in [0.25, 0.3) is 0 Å². The Bertz CT molecular complexity index is 904. The lowest BCUT2D eigenvalue weighted by atomic mass is 10.0. The van der Waals surface area contributed by atoms with Crippen LogP contribution >= 0.6 is 0 Å². The van der Waals surface area contributed by atoms with E-state index < -0.39 is 40.0 Å². The maximum atomic E-state index is 13.7. The van der Waals surface area contributed by atoms with Crippen LogP contribution in [-0.4, -0.2) is 29.9 Å². The summed E-state index contributed by atoms with van der Waals surface area (Å²) in [4.78, 5) is 34.2. The number of primary amides is 1. The van der Waals surface area contributed by atoms with Crippen molar-refractivity contribution in [2.75, 3.05) is 7.11 Å². The average Bonchev–Trinajstić information content (AvgIpc) is 2.62. The van der Waals surface area contributed by atoms with Crippen LogP contribution in [0.5, 0.6) is 5.75 Å². The zero-order chi connectivity index (χ0) is 20.1. The van der Waals surface area contributed by atoms with Gasteiger partial charge in [-0.25, -0.2) is 8.78 Å². The molecule has 8 nitrogen and oxygen atoms in total. The van der Waals surface area contributed by atoms with E-state index in [2.05, 4.69) is 5.32 Å². The van der Waals surface area contributed by atoms with Crippen molar-refractivity contribution < 1.29 is 28.0 Å². The minimum absolute atomic E-state index is 0.232. The highest BCUT2D eigenvalue weighted by atomic mass is 19.2. The number of non-ortho nitro benzene ring substituents is 1. The first-order valence-corrected chi connectivity index (χ1v) is 7.60. The fourth-order valence-electron chi connectivity index (χ4n) is 2.40. The topological polar surface area (TPSA) is 125 Å². The van der Waals surface area contributed by atoms with Crippen LogP contribution in [0, 0.1) is 21.7 Å². The number of rotatable bonds is 7. The minimum atomic E-state index is -1.37. The standard InChI is InChI=1S/C17H15F2N3O5/c1-27-14-6-5-10(22(25)26)7-9(14)8-13(16(20)23)21-17(24)11-3-2-4-12(18)15(11)19/h2-7,13H,8H2,1H3,(H2,20,23)(H,21,24)/t13-/m1/s1. The van der Waals surface area contributed by atoms with E-state index in [1.807, 2.05) is 0 Å². The second-order valence-corrected chi connectivity index (χ2v) is 5.49. The second-order valence-electron chi connectivity index (χ2n) is 5.49. The molecular formula is C17H15F2N3O5. The van der Waals surface area contributed by atoms with Gasteiger partial charge in [0.2, 0.25) is 5.91 Å². The number of halogens is 2. The fraction of sp³-hybridized carbons (Fsp3) is 0.176. The molecule has 0 aliphatic rings. The Labute approximate surface area is 152 Å². The van der Waals surface area contributed by atoms with Crippen molar-refractivity contribution in [3.05, 3.63) is 69.3 Å². The predicted molar refractivity (Wildman–Crippen MR) is 90.2 cm³/mol. The summed E-state index contributed by atoms with van der Waals surface area (Å²) in [6, 6.07) is 5.39.